The average Bonchev–Trinajstić information content (AvgIpc) is 2.53. The number of hydrogen-bond acceptors (Lipinski definition) is 5. The van der Waals surface area contributed by atoms with Gasteiger partial charge in [0.1, 0.15) is 5.82 Å². The van der Waals surface area contributed by atoms with Crippen molar-refractivity contribution in [1.29, 1.82) is 0 Å². The lowest BCUT2D eigenvalue weighted by Crippen LogP contribution is -2.62. The van der Waals surface area contributed by atoms with E-state index in [9.17, 15) is 0 Å². The molecule has 21 heavy (non-hydrogen) atoms. The largest absolute Gasteiger partial charge is 0.384 e. The van der Waals surface area contributed by atoms with Crippen molar-refractivity contribution in [3.63, 3.8) is 0 Å². The number of likely N-dealkylation sites (tertiary alicyclic amines) is 1. The van der Waals surface area contributed by atoms with Gasteiger partial charge in [0.2, 0.25) is 0 Å². The third kappa shape index (κ3) is 3.73. The van der Waals surface area contributed by atoms with Crippen molar-refractivity contribution < 1.29 is 0 Å². The standard InChI is InChI=1S/C16H29N5/c1-3-16(2,21-9-5-4-6-10-21)14(20-18)11-13-7-8-19-15(17)12-13/h7-8,12,14,20H,3-6,9-11,18H2,1-2H3,(H2,17,19). The molecule has 2 atom stereocenters. The van der Waals surface area contributed by atoms with Crippen molar-refractivity contribution in [3.05, 3.63) is 23.9 Å². The number of piperidine rings is 1. The number of rotatable bonds is 6. The van der Waals surface area contributed by atoms with Crippen LogP contribution in [0, 0.1) is 0 Å². The average molecular weight is 291 g/mol. The van der Waals surface area contributed by atoms with E-state index in [0.717, 1.165) is 12.8 Å². The van der Waals surface area contributed by atoms with Crippen molar-refractivity contribution >= 4 is 5.82 Å². The first-order valence-electron chi connectivity index (χ1n) is 8.01. The molecule has 0 aliphatic carbocycles. The van der Waals surface area contributed by atoms with Crippen LogP contribution < -0.4 is 17.0 Å². The minimum Gasteiger partial charge on any atom is -0.384 e. The van der Waals surface area contributed by atoms with Crippen molar-refractivity contribution in [2.75, 3.05) is 18.8 Å². The highest BCUT2D eigenvalue weighted by Gasteiger charge is 2.38. The van der Waals surface area contributed by atoms with Gasteiger partial charge >= 0.3 is 0 Å². The maximum absolute atomic E-state index is 5.90. The van der Waals surface area contributed by atoms with Gasteiger partial charge in [-0.1, -0.05) is 13.3 Å². The molecular formula is C16H29N5. The van der Waals surface area contributed by atoms with Crippen LogP contribution >= 0.6 is 0 Å². The molecule has 1 saturated heterocycles. The number of hydrazine groups is 1. The topological polar surface area (TPSA) is 80.2 Å². The maximum Gasteiger partial charge on any atom is 0.123 e. The van der Waals surface area contributed by atoms with Gasteiger partial charge in [-0.25, -0.2) is 4.98 Å². The van der Waals surface area contributed by atoms with Crippen LogP contribution in [0.4, 0.5) is 5.82 Å². The summed E-state index contributed by atoms with van der Waals surface area (Å²) in [5.41, 5.74) is 10.1. The van der Waals surface area contributed by atoms with Crippen LogP contribution in [0.3, 0.4) is 0 Å². The van der Waals surface area contributed by atoms with Crippen molar-refractivity contribution in [3.8, 4) is 0 Å². The molecule has 5 nitrogen and oxygen atoms in total. The summed E-state index contributed by atoms with van der Waals surface area (Å²) in [6.45, 7) is 6.91. The Morgan fingerprint density at radius 3 is 2.67 bits per heavy atom. The minimum atomic E-state index is 0.0627. The first-order valence-corrected chi connectivity index (χ1v) is 8.01. The third-order valence-corrected chi connectivity index (χ3v) is 5.03. The Morgan fingerprint density at radius 2 is 2.10 bits per heavy atom. The van der Waals surface area contributed by atoms with E-state index in [1.54, 1.807) is 6.20 Å². The Morgan fingerprint density at radius 1 is 1.38 bits per heavy atom. The molecule has 1 aromatic rings. The number of pyridine rings is 1. The highest BCUT2D eigenvalue weighted by atomic mass is 15.3. The summed E-state index contributed by atoms with van der Waals surface area (Å²) in [6, 6.07) is 4.16. The lowest BCUT2D eigenvalue weighted by molar-refractivity contribution is 0.0429. The normalized spacial score (nSPS) is 20.9. The zero-order valence-electron chi connectivity index (χ0n) is 13.3. The van der Waals surface area contributed by atoms with Gasteiger partial charge < -0.3 is 5.73 Å². The second kappa shape index (κ2) is 7.20. The number of nitrogen functional groups attached to an aromatic ring is 1. The molecule has 2 heterocycles. The number of nitrogens with zero attached hydrogens (tertiary/aromatic N) is 2. The second-order valence-electron chi connectivity index (χ2n) is 6.27. The molecule has 0 saturated carbocycles. The highest BCUT2D eigenvalue weighted by Crippen LogP contribution is 2.29. The van der Waals surface area contributed by atoms with E-state index in [0.29, 0.717) is 5.82 Å². The fourth-order valence-electron chi connectivity index (χ4n) is 3.41. The molecule has 1 fully saturated rings. The molecule has 5 heteroatoms. The Kier molecular flexibility index (Phi) is 5.56. The molecule has 1 aliphatic rings. The first kappa shape index (κ1) is 16.2. The lowest BCUT2D eigenvalue weighted by Gasteiger charge is -2.48. The van der Waals surface area contributed by atoms with Crippen LogP contribution in [0.25, 0.3) is 0 Å². The van der Waals surface area contributed by atoms with Crippen LogP contribution in [0.15, 0.2) is 18.3 Å². The van der Waals surface area contributed by atoms with Gasteiger partial charge in [-0.05, 0) is 63.4 Å². The van der Waals surface area contributed by atoms with E-state index < -0.39 is 0 Å². The van der Waals surface area contributed by atoms with Gasteiger partial charge in [-0.15, -0.1) is 0 Å². The fourth-order valence-corrected chi connectivity index (χ4v) is 3.41. The molecule has 0 spiro atoms. The van der Waals surface area contributed by atoms with Crippen LogP contribution in [-0.4, -0.2) is 34.6 Å². The summed E-state index contributed by atoms with van der Waals surface area (Å²) >= 11 is 0. The number of nitrogens with one attached hydrogen (secondary N) is 1. The van der Waals surface area contributed by atoms with E-state index in [2.05, 4.69) is 29.2 Å². The van der Waals surface area contributed by atoms with Crippen LogP contribution in [0.5, 0.6) is 0 Å². The maximum atomic E-state index is 5.90. The van der Waals surface area contributed by atoms with E-state index in [1.807, 2.05) is 12.1 Å². The minimum absolute atomic E-state index is 0.0627. The third-order valence-electron chi connectivity index (χ3n) is 5.03. The van der Waals surface area contributed by atoms with E-state index in [1.165, 1.54) is 37.9 Å². The van der Waals surface area contributed by atoms with Crippen LogP contribution in [-0.2, 0) is 6.42 Å². The SMILES string of the molecule is CCC(C)(C(Cc1ccnc(N)c1)NN)N1CCCCC1. The highest BCUT2D eigenvalue weighted by molar-refractivity contribution is 5.32. The lowest BCUT2D eigenvalue weighted by atomic mass is 9.82. The zero-order valence-corrected chi connectivity index (χ0v) is 13.3. The van der Waals surface area contributed by atoms with Gasteiger partial charge in [0.25, 0.3) is 0 Å². The number of anilines is 1. The number of nitrogens with two attached hydrogens (primary N) is 2. The Labute approximate surface area is 128 Å². The summed E-state index contributed by atoms with van der Waals surface area (Å²) in [5.74, 6) is 6.47. The van der Waals surface area contributed by atoms with E-state index in [4.69, 9.17) is 11.6 Å². The smallest absolute Gasteiger partial charge is 0.123 e. The quantitative estimate of drug-likeness (QED) is 0.549. The summed E-state index contributed by atoms with van der Waals surface area (Å²) in [6.07, 6.45) is 7.62. The summed E-state index contributed by atoms with van der Waals surface area (Å²) in [5, 5.41) is 0. The molecule has 118 valence electrons. The predicted octanol–water partition coefficient (Wildman–Crippen LogP) is 1.69. The Bertz CT molecular complexity index is 444. The molecule has 2 unspecified atom stereocenters. The molecule has 0 radical (unpaired) electrons. The van der Waals surface area contributed by atoms with E-state index in [-0.39, 0.29) is 11.6 Å². The second-order valence-corrected chi connectivity index (χ2v) is 6.27. The number of aromatic nitrogens is 1. The van der Waals surface area contributed by atoms with Crippen LogP contribution in [0.1, 0.15) is 45.1 Å². The number of hydrogen-bond donors (Lipinski definition) is 3. The fraction of sp³-hybridized carbons (Fsp3) is 0.688. The molecule has 1 aliphatic heterocycles. The zero-order chi connectivity index (χ0) is 15.3. The molecule has 0 bridgehead atoms. The van der Waals surface area contributed by atoms with Gasteiger partial charge in [-0.3, -0.25) is 16.2 Å². The van der Waals surface area contributed by atoms with Gasteiger partial charge in [0.15, 0.2) is 0 Å². The van der Waals surface area contributed by atoms with Crippen molar-refractivity contribution in [1.82, 2.24) is 15.3 Å². The van der Waals surface area contributed by atoms with Crippen molar-refractivity contribution in [2.24, 2.45) is 5.84 Å². The molecule has 2 rings (SSSR count). The molecule has 0 aromatic carbocycles. The molecule has 5 N–H and O–H groups in total. The first-order chi connectivity index (χ1) is 10.1. The summed E-state index contributed by atoms with van der Waals surface area (Å²) in [4.78, 5) is 6.66. The predicted molar refractivity (Wildman–Crippen MR) is 87.6 cm³/mol. The molecule has 1 aromatic heterocycles. The van der Waals surface area contributed by atoms with Gasteiger partial charge in [-0.2, -0.15) is 0 Å². The summed E-state index contributed by atoms with van der Waals surface area (Å²) in [7, 11) is 0. The summed E-state index contributed by atoms with van der Waals surface area (Å²) < 4.78 is 0. The molecular weight excluding hydrogens is 262 g/mol. The van der Waals surface area contributed by atoms with E-state index >= 15 is 0 Å². The monoisotopic (exact) mass is 291 g/mol. The van der Waals surface area contributed by atoms with Gasteiger partial charge in [0, 0.05) is 17.8 Å². The van der Waals surface area contributed by atoms with Crippen molar-refractivity contribution in [2.45, 2.75) is 57.5 Å². The Balaban J connectivity index is 2.16. The Hall–Kier alpha value is -1.17. The molecule has 0 amide bonds. The van der Waals surface area contributed by atoms with Crippen LogP contribution in [0.2, 0.25) is 0 Å². The van der Waals surface area contributed by atoms with Gasteiger partial charge in [0.05, 0.1) is 0 Å².